The van der Waals surface area contributed by atoms with Crippen LogP contribution in [0.1, 0.15) is 37.6 Å². The number of aryl methyl sites for hydroxylation is 1. The van der Waals surface area contributed by atoms with E-state index >= 15 is 0 Å². The van der Waals surface area contributed by atoms with Gasteiger partial charge in [0.15, 0.2) is 11.0 Å². The summed E-state index contributed by atoms with van der Waals surface area (Å²) in [6.07, 6.45) is 4.72. The number of nitrogens with zero attached hydrogens (tertiary/aromatic N) is 2. The van der Waals surface area contributed by atoms with E-state index in [1.54, 1.807) is 18.3 Å². The van der Waals surface area contributed by atoms with Gasteiger partial charge >= 0.3 is 5.97 Å². The maximum atomic E-state index is 12.1. The molecule has 0 spiro atoms. The summed E-state index contributed by atoms with van der Waals surface area (Å²) in [6.45, 7) is 5.67. The Morgan fingerprint density at radius 2 is 2.25 bits per heavy atom. The first-order valence-electron chi connectivity index (χ1n) is 8.10. The third kappa shape index (κ3) is 3.32. The zero-order valence-corrected chi connectivity index (χ0v) is 15.6. The number of ketones is 1. The molecule has 2 atom stereocenters. The number of thiophene rings is 1. The van der Waals surface area contributed by atoms with E-state index in [1.807, 2.05) is 0 Å². The fourth-order valence-corrected chi connectivity index (χ4v) is 5.38. The average Bonchev–Trinajstić information content (AvgIpc) is 2.90. The predicted molar refractivity (Wildman–Crippen MR) is 95.6 cm³/mol. The van der Waals surface area contributed by atoms with Gasteiger partial charge in [-0.15, -0.1) is 11.3 Å². The van der Waals surface area contributed by atoms with Gasteiger partial charge in [-0.3, -0.25) is 9.59 Å². The monoisotopic (exact) mass is 364 g/mol. The Balaban J connectivity index is 2.00. The van der Waals surface area contributed by atoms with Crippen LogP contribution in [0.3, 0.4) is 0 Å². The molecule has 1 aliphatic rings. The van der Waals surface area contributed by atoms with Crippen LogP contribution < -0.4 is 0 Å². The standard InChI is InChI=1S/C17H20N2O3S2/c1-4-22-17(21)14(10(3)20)24-16-13-11-6-5-9(2)7-12(11)23-15(13)18-8-19-16/h8-9,14H,4-7H2,1-3H3/t9-,14-/m0/s1. The molecule has 2 aromatic rings. The molecule has 24 heavy (non-hydrogen) atoms. The van der Waals surface area contributed by atoms with Gasteiger partial charge in [-0.2, -0.15) is 0 Å². The maximum Gasteiger partial charge on any atom is 0.327 e. The molecule has 0 fully saturated rings. The smallest absolute Gasteiger partial charge is 0.327 e. The maximum absolute atomic E-state index is 12.1. The van der Waals surface area contributed by atoms with Crippen LogP contribution >= 0.6 is 23.1 Å². The molecule has 0 N–H and O–H groups in total. The molecule has 0 unspecified atom stereocenters. The molecule has 5 nitrogen and oxygen atoms in total. The summed E-state index contributed by atoms with van der Waals surface area (Å²) in [5, 5.41) is 0.853. The van der Waals surface area contributed by atoms with E-state index in [1.165, 1.54) is 35.5 Å². The molecule has 1 aliphatic carbocycles. The Kier molecular flexibility index (Phi) is 5.20. The molecule has 0 amide bonds. The van der Waals surface area contributed by atoms with E-state index in [0.717, 1.165) is 29.5 Å². The highest BCUT2D eigenvalue weighted by atomic mass is 32.2. The number of ether oxygens (including phenoxy) is 1. The van der Waals surface area contributed by atoms with Crippen LogP contribution in [0, 0.1) is 5.92 Å². The summed E-state index contributed by atoms with van der Waals surface area (Å²) in [4.78, 5) is 35.1. The van der Waals surface area contributed by atoms with E-state index < -0.39 is 11.2 Å². The van der Waals surface area contributed by atoms with Crippen molar-refractivity contribution in [2.45, 2.75) is 50.3 Å². The fraction of sp³-hybridized carbons (Fsp3) is 0.529. The molecule has 3 rings (SSSR count). The van der Waals surface area contributed by atoms with Crippen LogP contribution in [0.15, 0.2) is 11.4 Å². The van der Waals surface area contributed by atoms with E-state index in [-0.39, 0.29) is 12.4 Å². The molecular weight excluding hydrogens is 344 g/mol. The van der Waals surface area contributed by atoms with Crippen LogP contribution in [-0.2, 0) is 27.2 Å². The lowest BCUT2D eigenvalue weighted by molar-refractivity contribution is -0.144. The predicted octanol–water partition coefficient (Wildman–Crippen LogP) is 3.43. The number of rotatable bonds is 5. The second-order valence-corrected chi connectivity index (χ2v) is 8.25. The van der Waals surface area contributed by atoms with Crippen molar-refractivity contribution in [1.29, 1.82) is 0 Å². The van der Waals surface area contributed by atoms with Crippen LogP contribution in [0.25, 0.3) is 10.2 Å². The Bertz CT molecular complexity index is 787. The summed E-state index contributed by atoms with van der Waals surface area (Å²) < 4.78 is 5.04. The van der Waals surface area contributed by atoms with Crippen LogP contribution in [0.4, 0.5) is 0 Å². The van der Waals surface area contributed by atoms with Gasteiger partial charge in [-0.1, -0.05) is 18.7 Å². The van der Waals surface area contributed by atoms with Crippen LogP contribution in [0.5, 0.6) is 0 Å². The van der Waals surface area contributed by atoms with E-state index in [2.05, 4.69) is 16.9 Å². The summed E-state index contributed by atoms with van der Waals surface area (Å²) >= 11 is 2.89. The van der Waals surface area contributed by atoms with E-state index in [9.17, 15) is 9.59 Å². The molecular formula is C17H20N2O3S2. The molecule has 0 bridgehead atoms. The van der Waals surface area contributed by atoms with Crippen molar-refractivity contribution in [2.24, 2.45) is 5.92 Å². The van der Waals surface area contributed by atoms with Gasteiger partial charge in [0.2, 0.25) is 0 Å². The number of Topliss-reactive ketones (excluding diaryl/α,β-unsaturated/α-hetero) is 1. The highest BCUT2D eigenvalue weighted by Crippen LogP contribution is 2.41. The van der Waals surface area contributed by atoms with E-state index in [4.69, 9.17) is 4.74 Å². The zero-order chi connectivity index (χ0) is 17.3. The molecule has 2 heterocycles. The summed E-state index contributed by atoms with van der Waals surface area (Å²) in [7, 11) is 0. The highest BCUT2D eigenvalue weighted by molar-refractivity contribution is 8.01. The molecule has 0 aromatic carbocycles. The quantitative estimate of drug-likeness (QED) is 0.350. The van der Waals surface area contributed by atoms with Gasteiger partial charge < -0.3 is 4.74 Å². The lowest BCUT2D eigenvalue weighted by atomic mass is 9.89. The SMILES string of the molecule is CCOC(=O)[C@@H](Sc1ncnc2sc3c(c12)CC[C@H](C)C3)C(C)=O. The molecule has 7 heteroatoms. The summed E-state index contributed by atoms with van der Waals surface area (Å²) in [6, 6.07) is 0. The van der Waals surface area contributed by atoms with Crippen molar-refractivity contribution in [3.63, 3.8) is 0 Å². The van der Waals surface area contributed by atoms with E-state index in [0.29, 0.717) is 10.9 Å². The number of hydrogen-bond acceptors (Lipinski definition) is 7. The fourth-order valence-electron chi connectivity index (χ4n) is 2.96. The van der Waals surface area contributed by atoms with Gasteiger partial charge in [0.1, 0.15) is 16.2 Å². The number of aromatic nitrogens is 2. The highest BCUT2D eigenvalue weighted by Gasteiger charge is 2.29. The van der Waals surface area contributed by atoms with Gasteiger partial charge in [0.05, 0.1) is 6.61 Å². The molecule has 0 aliphatic heterocycles. The molecule has 0 saturated heterocycles. The minimum Gasteiger partial charge on any atom is -0.465 e. The molecule has 0 saturated carbocycles. The van der Waals surface area contributed by atoms with Crippen molar-refractivity contribution < 1.29 is 14.3 Å². The Morgan fingerprint density at radius 3 is 2.96 bits per heavy atom. The van der Waals surface area contributed by atoms with Crippen molar-refractivity contribution >= 4 is 45.1 Å². The first-order chi connectivity index (χ1) is 11.5. The van der Waals surface area contributed by atoms with Crippen molar-refractivity contribution in [3.05, 3.63) is 16.8 Å². The minimum absolute atomic E-state index is 0.220. The zero-order valence-electron chi connectivity index (χ0n) is 14.0. The minimum atomic E-state index is -0.874. The Labute approximate surface area is 149 Å². The average molecular weight is 364 g/mol. The second kappa shape index (κ2) is 7.19. The first-order valence-corrected chi connectivity index (χ1v) is 9.79. The van der Waals surface area contributed by atoms with Gasteiger partial charge in [-0.25, -0.2) is 9.97 Å². The number of esters is 1. The van der Waals surface area contributed by atoms with Gasteiger partial charge in [0, 0.05) is 10.3 Å². The third-order valence-electron chi connectivity index (χ3n) is 4.16. The number of carbonyl (C=O) groups is 2. The lowest BCUT2D eigenvalue weighted by Crippen LogP contribution is -2.27. The van der Waals surface area contributed by atoms with Crippen molar-refractivity contribution in [2.75, 3.05) is 6.61 Å². The summed E-state index contributed by atoms with van der Waals surface area (Å²) in [5.74, 6) is -0.0402. The summed E-state index contributed by atoms with van der Waals surface area (Å²) in [5.41, 5.74) is 1.29. The van der Waals surface area contributed by atoms with Crippen LogP contribution in [0.2, 0.25) is 0 Å². The molecule has 2 aromatic heterocycles. The Hall–Kier alpha value is -1.47. The van der Waals surface area contributed by atoms with Crippen molar-refractivity contribution in [3.8, 4) is 0 Å². The van der Waals surface area contributed by atoms with Gasteiger partial charge in [0.25, 0.3) is 0 Å². The number of carbonyl (C=O) groups excluding carboxylic acids is 2. The normalized spacial score (nSPS) is 18.2. The lowest BCUT2D eigenvalue weighted by Gasteiger charge is -2.18. The molecule has 128 valence electrons. The largest absolute Gasteiger partial charge is 0.465 e. The van der Waals surface area contributed by atoms with Crippen LogP contribution in [-0.4, -0.2) is 33.6 Å². The first kappa shape index (κ1) is 17.4. The molecule has 0 radical (unpaired) electrons. The van der Waals surface area contributed by atoms with Crippen molar-refractivity contribution in [1.82, 2.24) is 9.97 Å². The number of hydrogen-bond donors (Lipinski definition) is 0. The second-order valence-electron chi connectivity index (χ2n) is 6.07. The Morgan fingerprint density at radius 1 is 1.46 bits per heavy atom. The number of thioether (sulfide) groups is 1. The number of fused-ring (bicyclic) bond motifs is 3. The third-order valence-corrected chi connectivity index (χ3v) is 6.61. The van der Waals surface area contributed by atoms with Gasteiger partial charge in [-0.05, 0) is 44.6 Å². The topological polar surface area (TPSA) is 69.2 Å².